The van der Waals surface area contributed by atoms with E-state index in [2.05, 4.69) is 4.90 Å². The van der Waals surface area contributed by atoms with Crippen molar-refractivity contribution in [1.82, 2.24) is 9.80 Å². The summed E-state index contributed by atoms with van der Waals surface area (Å²) in [7, 11) is -3.39. The van der Waals surface area contributed by atoms with E-state index in [-0.39, 0.29) is 12.2 Å². The molecule has 100 valence electrons. The summed E-state index contributed by atoms with van der Waals surface area (Å²) < 4.78 is 21.6. The van der Waals surface area contributed by atoms with E-state index in [1.807, 2.05) is 4.90 Å². The minimum atomic E-state index is -3.39. The first-order valence-electron chi connectivity index (χ1n) is 5.54. The van der Waals surface area contributed by atoms with Crippen molar-refractivity contribution >= 4 is 16.0 Å². The van der Waals surface area contributed by atoms with Gasteiger partial charge in [-0.3, -0.25) is 9.69 Å². The summed E-state index contributed by atoms with van der Waals surface area (Å²) in [6.45, 7) is 4.07. The van der Waals surface area contributed by atoms with E-state index in [0.717, 1.165) is 26.2 Å². The van der Waals surface area contributed by atoms with Gasteiger partial charge in [-0.2, -0.15) is 0 Å². The molecule has 0 saturated carbocycles. The Kier molecular flexibility index (Phi) is 5.31. The zero-order chi connectivity index (χ0) is 12.9. The SMILES string of the molecule is NS(=O)(=O)CCN1CCN(CCC(=O)O)CC1. The molecule has 0 spiro atoms. The number of carboxylic acid groups (broad SMARTS) is 1. The molecule has 0 bridgehead atoms. The maximum Gasteiger partial charge on any atom is 0.304 e. The number of sulfonamides is 1. The van der Waals surface area contributed by atoms with Crippen LogP contribution in [0.2, 0.25) is 0 Å². The molecule has 1 aliphatic heterocycles. The number of carbonyl (C=O) groups is 1. The van der Waals surface area contributed by atoms with Crippen LogP contribution in [0.1, 0.15) is 6.42 Å². The molecule has 0 amide bonds. The lowest BCUT2D eigenvalue weighted by molar-refractivity contribution is -0.137. The lowest BCUT2D eigenvalue weighted by atomic mass is 10.3. The summed E-state index contributed by atoms with van der Waals surface area (Å²) >= 11 is 0. The Morgan fingerprint density at radius 3 is 2.00 bits per heavy atom. The van der Waals surface area contributed by atoms with Gasteiger partial charge in [0.2, 0.25) is 10.0 Å². The predicted molar refractivity (Wildman–Crippen MR) is 63.1 cm³/mol. The second kappa shape index (κ2) is 6.29. The van der Waals surface area contributed by atoms with Crippen molar-refractivity contribution in [2.24, 2.45) is 5.14 Å². The molecule has 1 heterocycles. The average molecular weight is 265 g/mol. The Balaban J connectivity index is 2.19. The molecule has 0 radical (unpaired) electrons. The molecule has 7 nitrogen and oxygen atoms in total. The van der Waals surface area contributed by atoms with Crippen LogP contribution in [0.3, 0.4) is 0 Å². The number of aliphatic carboxylic acids is 1. The van der Waals surface area contributed by atoms with Crippen molar-refractivity contribution < 1.29 is 18.3 Å². The topological polar surface area (TPSA) is 104 Å². The standard InChI is InChI=1S/C9H19N3O4S/c10-17(15,16)8-7-12-5-3-11(4-6-12)2-1-9(13)14/h1-8H2,(H,13,14)(H2,10,15,16). The maximum absolute atomic E-state index is 10.8. The highest BCUT2D eigenvalue weighted by molar-refractivity contribution is 7.89. The number of primary sulfonamides is 1. The highest BCUT2D eigenvalue weighted by Gasteiger charge is 2.18. The summed E-state index contributed by atoms with van der Waals surface area (Å²) in [5, 5.41) is 13.5. The second-order valence-electron chi connectivity index (χ2n) is 4.19. The van der Waals surface area contributed by atoms with Gasteiger partial charge in [-0.05, 0) is 0 Å². The first kappa shape index (κ1) is 14.4. The predicted octanol–water partition coefficient (Wildman–Crippen LogP) is -1.63. The molecule has 8 heteroatoms. The molecule has 1 rings (SSSR count). The number of carboxylic acids is 1. The number of piperazine rings is 1. The first-order valence-corrected chi connectivity index (χ1v) is 7.25. The van der Waals surface area contributed by atoms with Crippen LogP contribution in [0.4, 0.5) is 0 Å². The van der Waals surface area contributed by atoms with Crippen LogP contribution in [0.5, 0.6) is 0 Å². The monoisotopic (exact) mass is 265 g/mol. The third kappa shape index (κ3) is 6.57. The smallest absolute Gasteiger partial charge is 0.304 e. The number of hydrogen-bond donors (Lipinski definition) is 2. The lowest BCUT2D eigenvalue weighted by Gasteiger charge is -2.34. The lowest BCUT2D eigenvalue weighted by Crippen LogP contribution is -2.48. The normalized spacial score (nSPS) is 19.4. The molecule has 0 aromatic rings. The van der Waals surface area contributed by atoms with E-state index >= 15 is 0 Å². The summed E-state index contributed by atoms with van der Waals surface area (Å²) in [5.74, 6) is -0.816. The number of nitrogens with two attached hydrogens (primary N) is 1. The Labute approximate surface area is 101 Å². The van der Waals surface area contributed by atoms with Crippen molar-refractivity contribution in [3.05, 3.63) is 0 Å². The quantitative estimate of drug-likeness (QED) is 0.597. The van der Waals surface area contributed by atoms with Crippen molar-refractivity contribution in [2.75, 3.05) is 45.0 Å². The van der Waals surface area contributed by atoms with E-state index in [9.17, 15) is 13.2 Å². The van der Waals surface area contributed by atoms with E-state index in [4.69, 9.17) is 10.2 Å². The molecule has 0 atom stereocenters. The molecule has 1 saturated heterocycles. The van der Waals surface area contributed by atoms with Gasteiger partial charge in [-0.25, -0.2) is 13.6 Å². The zero-order valence-corrected chi connectivity index (χ0v) is 10.5. The van der Waals surface area contributed by atoms with Gasteiger partial charge in [0, 0.05) is 39.3 Å². The Morgan fingerprint density at radius 2 is 1.59 bits per heavy atom. The van der Waals surface area contributed by atoms with E-state index in [1.165, 1.54) is 0 Å². The number of hydrogen-bond acceptors (Lipinski definition) is 5. The van der Waals surface area contributed by atoms with E-state index in [0.29, 0.717) is 13.1 Å². The molecule has 0 unspecified atom stereocenters. The molecule has 1 aliphatic rings. The second-order valence-corrected chi connectivity index (χ2v) is 5.93. The van der Waals surface area contributed by atoms with Crippen LogP contribution in [0.15, 0.2) is 0 Å². The maximum atomic E-state index is 10.8. The minimum absolute atomic E-state index is 0.0257. The van der Waals surface area contributed by atoms with Crippen molar-refractivity contribution in [3.63, 3.8) is 0 Å². The van der Waals surface area contributed by atoms with Crippen LogP contribution in [-0.4, -0.2) is 74.3 Å². The molecular weight excluding hydrogens is 246 g/mol. The van der Waals surface area contributed by atoms with Gasteiger partial charge in [0.25, 0.3) is 0 Å². The third-order valence-electron chi connectivity index (χ3n) is 2.80. The molecule has 1 fully saturated rings. The van der Waals surface area contributed by atoms with Crippen LogP contribution >= 0.6 is 0 Å². The molecule has 0 aromatic heterocycles. The summed E-state index contributed by atoms with van der Waals surface area (Å²) in [4.78, 5) is 14.5. The number of nitrogens with zero attached hydrogens (tertiary/aromatic N) is 2. The molecular formula is C9H19N3O4S. The fourth-order valence-corrected chi connectivity index (χ4v) is 2.26. The van der Waals surface area contributed by atoms with E-state index in [1.54, 1.807) is 0 Å². The van der Waals surface area contributed by atoms with Gasteiger partial charge in [-0.1, -0.05) is 0 Å². The Hall–Kier alpha value is -0.700. The third-order valence-corrected chi connectivity index (χ3v) is 3.55. The van der Waals surface area contributed by atoms with Gasteiger partial charge in [-0.15, -0.1) is 0 Å². The van der Waals surface area contributed by atoms with Gasteiger partial charge in [0.05, 0.1) is 12.2 Å². The van der Waals surface area contributed by atoms with Crippen molar-refractivity contribution in [3.8, 4) is 0 Å². The van der Waals surface area contributed by atoms with Crippen LogP contribution in [0, 0.1) is 0 Å². The molecule has 0 aliphatic carbocycles. The van der Waals surface area contributed by atoms with Crippen molar-refractivity contribution in [1.29, 1.82) is 0 Å². The highest BCUT2D eigenvalue weighted by atomic mass is 32.2. The minimum Gasteiger partial charge on any atom is -0.481 e. The molecule has 0 aromatic carbocycles. The van der Waals surface area contributed by atoms with Crippen LogP contribution in [0.25, 0.3) is 0 Å². The summed E-state index contributed by atoms with van der Waals surface area (Å²) in [6, 6.07) is 0. The van der Waals surface area contributed by atoms with Gasteiger partial charge >= 0.3 is 5.97 Å². The fraction of sp³-hybridized carbons (Fsp3) is 0.889. The summed E-state index contributed by atoms with van der Waals surface area (Å²) in [5.41, 5.74) is 0. The van der Waals surface area contributed by atoms with Gasteiger partial charge < -0.3 is 10.0 Å². The Morgan fingerprint density at radius 1 is 1.12 bits per heavy atom. The Bertz CT molecular complexity index is 349. The number of rotatable bonds is 6. The van der Waals surface area contributed by atoms with Gasteiger partial charge in [0.1, 0.15) is 0 Å². The average Bonchev–Trinajstić information content (AvgIpc) is 2.24. The largest absolute Gasteiger partial charge is 0.481 e. The molecule has 3 N–H and O–H groups in total. The van der Waals surface area contributed by atoms with Gasteiger partial charge in [0.15, 0.2) is 0 Å². The van der Waals surface area contributed by atoms with Crippen LogP contribution < -0.4 is 5.14 Å². The fourth-order valence-electron chi connectivity index (χ4n) is 1.75. The zero-order valence-electron chi connectivity index (χ0n) is 9.71. The van der Waals surface area contributed by atoms with E-state index < -0.39 is 16.0 Å². The van der Waals surface area contributed by atoms with Crippen LogP contribution in [-0.2, 0) is 14.8 Å². The first-order chi connectivity index (χ1) is 7.87. The van der Waals surface area contributed by atoms with Crippen molar-refractivity contribution in [2.45, 2.75) is 6.42 Å². The highest BCUT2D eigenvalue weighted by Crippen LogP contribution is 2.02. The summed E-state index contributed by atoms with van der Waals surface area (Å²) in [6.07, 6.45) is 0.150. The molecule has 17 heavy (non-hydrogen) atoms.